The van der Waals surface area contributed by atoms with Crippen LogP contribution in [-0.4, -0.2) is 9.78 Å². The fourth-order valence-corrected chi connectivity index (χ4v) is 1.36. The molecule has 0 aliphatic rings. The van der Waals surface area contributed by atoms with Gasteiger partial charge in [-0.1, -0.05) is 0 Å². The summed E-state index contributed by atoms with van der Waals surface area (Å²) in [6.45, 7) is 1.68. The van der Waals surface area contributed by atoms with Crippen LogP contribution in [0.3, 0.4) is 0 Å². The second kappa shape index (κ2) is 3.34. The molecular formula is C10H8F2N2O. The molecule has 2 aromatic rings. The molecule has 0 bridgehead atoms. The standard InChI is InChI=1S/C10H8F2N2O/c1-6-4-10(15)14(13-6)9-3-2-7(11)5-8(9)12/h2-5,13H,1H3. The summed E-state index contributed by atoms with van der Waals surface area (Å²) in [5, 5.41) is 2.66. The minimum absolute atomic E-state index is 0.00880. The van der Waals surface area contributed by atoms with Gasteiger partial charge in [0.15, 0.2) is 5.82 Å². The van der Waals surface area contributed by atoms with Crippen LogP contribution in [0.25, 0.3) is 5.69 Å². The van der Waals surface area contributed by atoms with Crippen LogP contribution in [0.4, 0.5) is 8.78 Å². The van der Waals surface area contributed by atoms with Crippen molar-refractivity contribution >= 4 is 0 Å². The molecule has 0 saturated carbocycles. The molecule has 0 saturated heterocycles. The highest BCUT2D eigenvalue weighted by Crippen LogP contribution is 2.12. The van der Waals surface area contributed by atoms with E-state index in [2.05, 4.69) is 5.10 Å². The van der Waals surface area contributed by atoms with E-state index >= 15 is 0 Å². The van der Waals surface area contributed by atoms with Crippen LogP contribution in [-0.2, 0) is 0 Å². The Labute approximate surface area is 84.0 Å². The Morgan fingerprint density at radius 3 is 2.53 bits per heavy atom. The summed E-state index contributed by atoms with van der Waals surface area (Å²) in [5.41, 5.74) is 0.247. The Kier molecular flexibility index (Phi) is 2.15. The molecule has 0 aliphatic carbocycles. The predicted molar refractivity (Wildman–Crippen MR) is 51.0 cm³/mol. The molecule has 0 unspecified atom stereocenters. The second-order valence-electron chi connectivity index (χ2n) is 3.21. The summed E-state index contributed by atoms with van der Waals surface area (Å²) in [4.78, 5) is 11.3. The van der Waals surface area contributed by atoms with E-state index in [0.29, 0.717) is 5.69 Å². The van der Waals surface area contributed by atoms with Crippen LogP contribution in [0.5, 0.6) is 0 Å². The monoisotopic (exact) mass is 210 g/mol. The van der Waals surface area contributed by atoms with Crippen molar-refractivity contribution in [2.45, 2.75) is 6.92 Å². The first-order chi connectivity index (χ1) is 7.08. The Hall–Kier alpha value is -1.91. The zero-order chi connectivity index (χ0) is 11.0. The van der Waals surface area contributed by atoms with Crippen molar-refractivity contribution < 1.29 is 8.78 Å². The fourth-order valence-electron chi connectivity index (χ4n) is 1.36. The van der Waals surface area contributed by atoms with Gasteiger partial charge in [0.2, 0.25) is 0 Å². The van der Waals surface area contributed by atoms with E-state index in [1.54, 1.807) is 6.92 Å². The van der Waals surface area contributed by atoms with Gasteiger partial charge in [-0.3, -0.25) is 9.89 Å². The quantitative estimate of drug-likeness (QED) is 0.765. The first-order valence-corrected chi connectivity index (χ1v) is 4.32. The number of rotatable bonds is 1. The summed E-state index contributed by atoms with van der Waals surface area (Å²) in [7, 11) is 0. The lowest BCUT2D eigenvalue weighted by atomic mass is 10.3. The Morgan fingerprint density at radius 2 is 2.00 bits per heavy atom. The van der Waals surface area contributed by atoms with Crippen molar-refractivity contribution in [2.24, 2.45) is 0 Å². The van der Waals surface area contributed by atoms with Gasteiger partial charge in [0, 0.05) is 17.8 Å². The summed E-state index contributed by atoms with van der Waals surface area (Å²) in [6, 6.07) is 4.38. The molecule has 0 amide bonds. The van der Waals surface area contributed by atoms with E-state index in [-0.39, 0.29) is 11.2 Å². The van der Waals surface area contributed by atoms with Crippen LogP contribution in [0.1, 0.15) is 5.69 Å². The Balaban J connectivity index is 2.64. The van der Waals surface area contributed by atoms with Gasteiger partial charge in [-0.15, -0.1) is 0 Å². The van der Waals surface area contributed by atoms with Gasteiger partial charge in [-0.2, -0.15) is 0 Å². The average molecular weight is 210 g/mol. The maximum Gasteiger partial charge on any atom is 0.271 e. The topological polar surface area (TPSA) is 37.8 Å². The third kappa shape index (κ3) is 1.68. The lowest BCUT2D eigenvalue weighted by Gasteiger charge is -2.02. The van der Waals surface area contributed by atoms with E-state index in [0.717, 1.165) is 16.8 Å². The minimum atomic E-state index is -0.779. The van der Waals surface area contributed by atoms with Crippen molar-refractivity contribution in [1.29, 1.82) is 0 Å². The van der Waals surface area contributed by atoms with E-state index < -0.39 is 11.6 Å². The molecular weight excluding hydrogens is 202 g/mol. The molecule has 0 fully saturated rings. The van der Waals surface area contributed by atoms with Gasteiger partial charge in [-0.05, 0) is 19.1 Å². The van der Waals surface area contributed by atoms with Crippen molar-refractivity contribution in [1.82, 2.24) is 9.78 Å². The number of nitrogens with one attached hydrogen (secondary N) is 1. The number of aryl methyl sites for hydroxylation is 1. The molecule has 1 heterocycles. The van der Waals surface area contributed by atoms with Crippen molar-refractivity contribution in [3.05, 3.63) is 51.9 Å². The van der Waals surface area contributed by atoms with Crippen LogP contribution in [0.15, 0.2) is 29.1 Å². The molecule has 3 nitrogen and oxygen atoms in total. The lowest BCUT2D eigenvalue weighted by Crippen LogP contribution is -2.15. The first-order valence-electron chi connectivity index (χ1n) is 4.32. The number of benzene rings is 1. The number of hydrogen-bond acceptors (Lipinski definition) is 1. The number of hydrogen-bond donors (Lipinski definition) is 1. The largest absolute Gasteiger partial charge is 0.295 e. The van der Waals surface area contributed by atoms with Crippen LogP contribution >= 0.6 is 0 Å². The number of nitrogens with zero attached hydrogens (tertiary/aromatic N) is 1. The third-order valence-electron chi connectivity index (χ3n) is 2.00. The number of H-pyrrole nitrogens is 1. The normalized spacial score (nSPS) is 10.6. The van der Waals surface area contributed by atoms with Crippen LogP contribution in [0, 0.1) is 18.6 Å². The predicted octanol–water partition coefficient (Wildman–Crippen LogP) is 1.75. The summed E-state index contributed by atoms with van der Waals surface area (Å²) >= 11 is 0. The summed E-state index contributed by atoms with van der Waals surface area (Å²) < 4.78 is 27.0. The van der Waals surface area contributed by atoms with Crippen LogP contribution in [0.2, 0.25) is 0 Å². The van der Waals surface area contributed by atoms with E-state index in [1.807, 2.05) is 0 Å². The zero-order valence-corrected chi connectivity index (χ0v) is 7.92. The van der Waals surface area contributed by atoms with Gasteiger partial charge in [0.1, 0.15) is 11.5 Å². The number of aromatic nitrogens is 2. The van der Waals surface area contributed by atoms with Gasteiger partial charge in [0.25, 0.3) is 5.56 Å². The highest BCUT2D eigenvalue weighted by Gasteiger charge is 2.08. The lowest BCUT2D eigenvalue weighted by molar-refractivity contribution is 0.572. The maximum absolute atomic E-state index is 13.3. The fraction of sp³-hybridized carbons (Fsp3) is 0.100. The average Bonchev–Trinajstić information content (AvgIpc) is 2.45. The zero-order valence-electron chi connectivity index (χ0n) is 7.92. The molecule has 0 radical (unpaired) electrons. The van der Waals surface area contributed by atoms with Crippen molar-refractivity contribution in [2.75, 3.05) is 0 Å². The molecule has 1 N–H and O–H groups in total. The minimum Gasteiger partial charge on any atom is -0.295 e. The van der Waals surface area contributed by atoms with E-state index in [9.17, 15) is 13.6 Å². The summed E-state index contributed by atoms with van der Waals surface area (Å²) in [6.07, 6.45) is 0. The third-order valence-corrected chi connectivity index (χ3v) is 2.00. The second-order valence-corrected chi connectivity index (χ2v) is 3.21. The van der Waals surface area contributed by atoms with E-state index in [4.69, 9.17) is 0 Å². The molecule has 5 heteroatoms. The molecule has 1 aromatic heterocycles. The molecule has 15 heavy (non-hydrogen) atoms. The molecule has 2 rings (SSSR count). The van der Waals surface area contributed by atoms with Gasteiger partial charge < -0.3 is 0 Å². The number of halogens is 2. The SMILES string of the molecule is Cc1cc(=O)n(-c2ccc(F)cc2F)[nH]1. The van der Waals surface area contributed by atoms with Gasteiger partial charge in [-0.25, -0.2) is 13.5 Å². The Morgan fingerprint density at radius 1 is 1.27 bits per heavy atom. The molecule has 78 valence electrons. The van der Waals surface area contributed by atoms with Crippen molar-refractivity contribution in [3.63, 3.8) is 0 Å². The first kappa shape index (κ1) is 9.64. The van der Waals surface area contributed by atoms with Crippen molar-refractivity contribution in [3.8, 4) is 5.69 Å². The molecule has 0 spiro atoms. The smallest absolute Gasteiger partial charge is 0.271 e. The van der Waals surface area contributed by atoms with Gasteiger partial charge in [0.05, 0.1) is 0 Å². The van der Waals surface area contributed by atoms with Gasteiger partial charge >= 0.3 is 0 Å². The molecule has 0 atom stereocenters. The highest BCUT2D eigenvalue weighted by atomic mass is 19.1. The molecule has 1 aromatic carbocycles. The molecule has 0 aliphatic heterocycles. The summed E-state index contributed by atoms with van der Waals surface area (Å²) in [5.74, 6) is -1.45. The Bertz CT molecular complexity index is 557. The number of aromatic amines is 1. The maximum atomic E-state index is 13.3. The van der Waals surface area contributed by atoms with Crippen LogP contribution < -0.4 is 5.56 Å². The highest BCUT2D eigenvalue weighted by molar-refractivity contribution is 5.33. The van der Waals surface area contributed by atoms with E-state index in [1.165, 1.54) is 12.1 Å².